The van der Waals surface area contributed by atoms with Crippen molar-refractivity contribution in [2.75, 3.05) is 25.2 Å². The predicted octanol–water partition coefficient (Wildman–Crippen LogP) is 0.260. The molecule has 0 aliphatic rings. The van der Waals surface area contributed by atoms with Gasteiger partial charge in [-0.05, 0) is 25.1 Å². The maximum atomic E-state index is 11.7. The maximum absolute atomic E-state index is 11.7. The minimum Gasteiger partial charge on any atom is -0.496 e. The van der Waals surface area contributed by atoms with E-state index in [9.17, 15) is 13.2 Å². The highest BCUT2D eigenvalue weighted by atomic mass is 32.2. The fourth-order valence-corrected chi connectivity index (χ4v) is 2.40. The van der Waals surface area contributed by atoms with Crippen molar-refractivity contribution >= 4 is 21.7 Å². The lowest BCUT2D eigenvalue weighted by atomic mass is 10.2. The maximum Gasteiger partial charge on any atom is 0.322 e. The monoisotopic (exact) mass is 302 g/mol. The van der Waals surface area contributed by atoms with Crippen molar-refractivity contribution in [3.63, 3.8) is 0 Å². The Bertz CT molecular complexity index is 571. The van der Waals surface area contributed by atoms with Crippen molar-refractivity contribution < 1.29 is 22.7 Å². The molecule has 3 N–H and O–H groups in total. The lowest BCUT2D eigenvalue weighted by Crippen LogP contribution is -2.30. The molecule has 0 spiro atoms. The van der Waals surface area contributed by atoms with Crippen molar-refractivity contribution in [3.8, 4) is 5.75 Å². The number of nitrogen functional groups attached to an aromatic ring is 1. The van der Waals surface area contributed by atoms with E-state index in [1.54, 1.807) is 25.1 Å². The van der Waals surface area contributed by atoms with Gasteiger partial charge in [0.1, 0.15) is 5.75 Å². The topological polar surface area (TPSA) is 108 Å². The third-order valence-electron chi connectivity index (χ3n) is 2.40. The van der Waals surface area contributed by atoms with E-state index in [2.05, 4.69) is 9.46 Å². The Hall–Kier alpha value is -1.80. The highest BCUT2D eigenvalue weighted by molar-refractivity contribution is 7.90. The molecule has 0 aliphatic carbocycles. The Morgan fingerprint density at radius 3 is 2.70 bits per heavy atom. The minimum atomic E-state index is -3.76. The van der Waals surface area contributed by atoms with Crippen molar-refractivity contribution in [1.82, 2.24) is 4.72 Å². The summed E-state index contributed by atoms with van der Waals surface area (Å²) in [4.78, 5) is 11.2. The van der Waals surface area contributed by atoms with E-state index in [0.29, 0.717) is 17.0 Å². The molecule has 0 unspecified atom stereocenters. The summed E-state index contributed by atoms with van der Waals surface area (Å²) in [6.45, 7) is 1.73. The van der Waals surface area contributed by atoms with E-state index < -0.39 is 21.7 Å². The van der Waals surface area contributed by atoms with E-state index >= 15 is 0 Å². The Morgan fingerprint density at radius 2 is 2.10 bits per heavy atom. The summed E-state index contributed by atoms with van der Waals surface area (Å²) >= 11 is 0. The lowest BCUT2D eigenvalue weighted by Gasteiger charge is -2.10. The Labute approximate surface area is 118 Å². The molecular formula is C12H18N2O5S. The largest absolute Gasteiger partial charge is 0.496 e. The molecule has 0 bridgehead atoms. The molecule has 1 rings (SSSR count). The van der Waals surface area contributed by atoms with Gasteiger partial charge in [0.2, 0.25) is 10.0 Å². The molecule has 0 heterocycles. The first-order chi connectivity index (χ1) is 9.38. The van der Waals surface area contributed by atoms with Gasteiger partial charge in [0, 0.05) is 17.8 Å². The van der Waals surface area contributed by atoms with Gasteiger partial charge in [-0.25, -0.2) is 13.1 Å². The van der Waals surface area contributed by atoms with Crippen LogP contribution in [0, 0.1) is 0 Å². The molecule has 0 amide bonds. The number of hydrogen-bond donors (Lipinski definition) is 2. The number of sulfonamides is 1. The molecule has 0 saturated heterocycles. The normalized spacial score (nSPS) is 11.1. The molecule has 0 saturated carbocycles. The van der Waals surface area contributed by atoms with Gasteiger partial charge in [-0.2, -0.15) is 0 Å². The minimum absolute atomic E-state index is 0.0179. The molecular weight excluding hydrogens is 284 g/mol. The zero-order valence-corrected chi connectivity index (χ0v) is 12.2. The number of ether oxygens (including phenoxy) is 2. The van der Waals surface area contributed by atoms with Crippen LogP contribution in [0.15, 0.2) is 18.2 Å². The summed E-state index contributed by atoms with van der Waals surface area (Å²) < 4.78 is 35.4. The molecule has 0 aromatic heterocycles. The van der Waals surface area contributed by atoms with E-state index in [-0.39, 0.29) is 13.2 Å². The van der Waals surface area contributed by atoms with Crippen LogP contribution in [0.3, 0.4) is 0 Å². The summed E-state index contributed by atoms with van der Waals surface area (Å²) in [5, 5.41) is 0. The van der Waals surface area contributed by atoms with Crippen LogP contribution in [-0.2, 0) is 26.1 Å². The van der Waals surface area contributed by atoms with Crippen molar-refractivity contribution in [1.29, 1.82) is 0 Å². The SMILES string of the molecule is CCOC(=O)CS(=O)(=O)NCc1cc(N)ccc1OC. The van der Waals surface area contributed by atoms with Crippen molar-refractivity contribution in [2.24, 2.45) is 0 Å². The van der Waals surface area contributed by atoms with E-state index in [0.717, 1.165) is 0 Å². The molecule has 0 radical (unpaired) electrons. The smallest absolute Gasteiger partial charge is 0.322 e. The van der Waals surface area contributed by atoms with Gasteiger partial charge in [-0.15, -0.1) is 0 Å². The second kappa shape index (κ2) is 7.11. The van der Waals surface area contributed by atoms with Gasteiger partial charge in [0.05, 0.1) is 13.7 Å². The van der Waals surface area contributed by atoms with Crippen LogP contribution in [0.5, 0.6) is 5.75 Å². The molecule has 0 fully saturated rings. The molecule has 20 heavy (non-hydrogen) atoms. The fourth-order valence-electron chi connectivity index (χ4n) is 1.53. The highest BCUT2D eigenvalue weighted by Crippen LogP contribution is 2.20. The average Bonchev–Trinajstić information content (AvgIpc) is 2.36. The lowest BCUT2D eigenvalue weighted by molar-refractivity contribution is -0.139. The zero-order valence-electron chi connectivity index (χ0n) is 11.4. The number of benzene rings is 1. The van der Waals surface area contributed by atoms with Crippen LogP contribution in [0.25, 0.3) is 0 Å². The molecule has 1 aromatic carbocycles. The molecule has 0 aliphatic heterocycles. The van der Waals surface area contributed by atoms with Gasteiger partial charge in [0.25, 0.3) is 0 Å². The van der Waals surface area contributed by atoms with Crippen molar-refractivity contribution in [3.05, 3.63) is 23.8 Å². The summed E-state index contributed by atoms with van der Waals surface area (Å²) in [6, 6.07) is 4.89. The second-order valence-corrected chi connectivity index (χ2v) is 5.76. The first kappa shape index (κ1) is 16.3. The third-order valence-corrected chi connectivity index (χ3v) is 3.60. The predicted molar refractivity (Wildman–Crippen MR) is 74.7 cm³/mol. The van der Waals surface area contributed by atoms with Gasteiger partial charge >= 0.3 is 5.97 Å². The zero-order chi connectivity index (χ0) is 15.2. The first-order valence-electron chi connectivity index (χ1n) is 5.93. The fraction of sp³-hybridized carbons (Fsp3) is 0.417. The van der Waals surface area contributed by atoms with Crippen LogP contribution < -0.4 is 15.2 Å². The van der Waals surface area contributed by atoms with E-state index in [4.69, 9.17) is 10.5 Å². The van der Waals surface area contributed by atoms with Crippen LogP contribution in [0.2, 0.25) is 0 Å². The van der Waals surface area contributed by atoms with E-state index in [1.165, 1.54) is 7.11 Å². The summed E-state index contributed by atoms with van der Waals surface area (Å²) in [7, 11) is -2.29. The van der Waals surface area contributed by atoms with Gasteiger partial charge in [-0.3, -0.25) is 4.79 Å². The number of methoxy groups -OCH3 is 1. The van der Waals surface area contributed by atoms with Gasteiger partial charge < -0.3 is 15.2 Å². The second-order valence-electron chi connectivity index (χ2n) is 3.96. The number of anilines is 1. The summed E-state index contributed by atoms with van der Waals surface area (Å²) in [5.74, 6) is -0.997. The molecule has 7 nitrogen and oxygen atoms in total. The number of hydrogen-bond acceptors (Lipinski definition) is 6. The number of esters is 1. The number of rotatable bonds is 7. The number of carbonyl (C=O) groups is 1. The Balaban J connectivity index is 2.71. The molecule has 8 heteroatoms. The van der Waals surface area contributed by atoms with Crippen LogP contribution >= 0.6 is 0 Å². The quantitative estimate of drug-likeness (QED) is 0.552. The van der Waals surface area contributed by atoms with Crippen LogP contribution in [-0.4, -0.2) is 33.9 Å². The number of nitrogens with one attached hydrogen (secondary N) is 1. The van der Waals surface area contributed by atoms with E-state index in [1.807, 2.05) is 0 Å². The highest BCUT2D eigenvalue weighted by Gasteiger charge is 2.17. The summed E-state index contributed by atoms with van der Waals surface area (Å²) in [6.07, 6.45) is 0. The standard InChI is InChI=1S/C12H18N2O5S/c1-3-19-12(15)8-20(16,17)14-7-9-6-10(13)4-5-11(9)18-2/h4-6,14H,3,7-8,13H2,1-2H3. The van der Waals surface area contributed by atoms with Crippen LogP contribution in [0.4, 0.5) is 5.69 Å². The summed E-state index contributed by atoms with van der Waals surface area (Å²) in [5.41, 5.74) is 6.71. The van der Waals surface area contributed by atoms with Crippen LogP contribution in [0.1, 0.15) is 12.5 Å². The van der Waals surface area contributed by atoms with Gasteiger partial charge in [-0.1, -0.05) is 0 Å². The first-order valence-corrected chi connectivity index (χ1v) is 7.58. The Kier molecular flexibility index (Phi) is 5.78. The number of nitrogens with two attached hydrogens (primary N) is 1. The third kappa shape index (κ3) is 5.06. The average molecular weight is 302 g/mol. The molecule has 0 atom stereocenters. The molecule has 1 aromatic rings. The van der Waals surface area contributed by atoms with Gasteiger partial charge in [0.15, 0.2) is 5.75 Å². The molecule has 112 valence electrons. The number of carbonyl (C=O) groups excluding carboxylic acids is 1. The van der Waals surface area contributed by atoms with Crippen molar-refractivity contribution in [2.45, 2.75) is 13.5 Å². The Morgan fingerprint density at radius 1 is 1.40 bits per heavy atom.